The summed E-state index contributed by atoms with van der Waals surface area (Å²) in [5.41, 5.74) is 1.32. The molecule has 0 unspecified atom stereocenters. The molecule has 0 atom stereocenters. The Kier molecular flexibility index (Phi) is 6.95. The van der Waals surface area contributed by atoms with E-state index in [-0.39, 0.29) is 11.8 Å². The topological polar surface area (TPSA) is 73.4 Å². The minimum atomic E-state index is -0.514. The summed E-state index contributed by atoms with van der Waals surface area (Å²) in [4.78, 5) is 23.9. The van der Waals surface area contributed by atoms with Gasteiger partial charge in [-0.1, -0.05) is 44.2 Å². The number of aromatic nitrogens is 3. The molecule has 0 saturated heterocycles. The fourth-order valence-electron chi connectivity index (χ4n) is 3.59. The van der Waals surface area contributed by atoms with Crippen LogP contribution in [0.2, 0.25) is 0 Å². The molecule has 0 aliphatic carbocycles. The van der Waals surface area contributed by atoms with Crippen LogP contribution in [-0.2, 0) is 6.54 Å². The van der Waals surface area contributed by atoms with Crippen molar-refractivity contribution >= 4 is 0 Å². The molecule has 0 N–H and O–H groups in total. The third-order valence-corrected chi connectivity index (χ3v) is 5.36. The molecule has 0 bridgehead atoms. The molecule has 2 heterocycles. The van der Waals surface area contributed by atoms with Crippen molar-refractivity contribution in [1.29, 1.82) is 0 Å². The molecular formula is C25H25FN4O3. The van der Waals surface area contributed by atoms with Gasteiger partial charge in [0, 0.05) is 12.7 Å². The first-order chi connectivity index (χ1) is 16.1. The Bertz CT molecular complexity index is 1250. The quantitative estimate of drug-likeness (QED) is 0.365. The molecule has 7 nitrogen and oxygen atoms in total. The van der Waals surface area contributed by atoms with Crippen LogP contribution in [0, 0.1) is 5.82 Å². The van der Waals surface area contributed by atoms with Crippen molar-refractivity contribution in [2.45, 2.75) is 20.4 Å². The minimum Gasteiger partial charge on any atom is -0.424 e. The van der Waals surface area contributed by atoms with Crippen LogP contribution in [0.5, 0.6) is 11.8 Å². The Morgan fingerprint density at radius 1 is 1.03 bits per heavy atom. The van der Waals surface area contributed by atoms with Gasteiger partial charge < -0.3 is 14.2 Å². The van der Waals surface area contributed by atoms with Crippen LogP contribution in [0.1, 0.15) is 13.8 Å². The number of hydrogen-bond donors (Lipinski definition) is 0. The van der Waals surface area contributed by atoms with Gasteiger partial charge in [0.15, 0.2) is 0 Å². The normalized spacial score (nSPS) is 11.2. The van der Waals surface area contributed by atoms with Crippen LogP contribution in [0.15, 0.2) is 76.2 Å². The van der Waals surface area contributed by atoms with E-state index in [1.807, 2.05) is 18.2 Å². The van der Waals surface area contributed by atoms with Crippen LogP contribution >= 0.6 is 0 Å². The largest absolute Gasteiger partial charge is 0.424 e. The maximum atomic E-state index is 13.5. The second-order valence-corrected chi connectivity index (χ2v) is 7.38. The molecular weight excluding hydrogens is 423 g/mol. The molecule has 170 valence electrons. The zero-order valence-electron chi connectivity index (χ0n) is 18.6. The van der Waals surface area contributed by atoms with E-state index in [4.69, 9.17) is 9.26 Å². The maximum Gasteiger partial charge on any atom is 0.366 e. The Morgan fingerprint density at radius 2 is 1.76 bits per heavy atom. The molecule has 0 fully saturated rings. The van der Waals surface area contributed by atoms with Crippen LogP contribution < -0.4 is 10.4 Å². The van der Waals surface area contributed by atoms with Gasteiger partial charge in [0.2, 0.25) is 0 Å². The summed E-state index contributed by atoms with van der Waals surface area (Å²) < 4.78 is 26.5. The Labute approximate surface area is 191 Å². The number of benzene rings is 2. The van der Waals surface area contributed by atoms with Gasteiger partial charge in [0.25, 0.3) is 0 Å². The molecule has 4 aromatic rings. The van der Waals surface area contributed by atoms with Crippen LogP contribution in [0.3, 0.4) is 0 Å². The van der Waals surface area contributed by atoms with E-state index < -0.39 is 5.63 Å². The number of nitrogens with zero attached hydrogens (tertiary/aromatic N) is 4. The molecule has 0 saturated carbocycles. The molecule has 0 radical (unpaired) electrons. The number of ether oxygens (including phenoxy) is 1. The highest BCUT2D eigenvalue weighted by Gasteiger charge is 2.23. The van der Waals surface area contributed by atoms with Crippen LogP contribution in [0.4, 0.5) is 4.39 Å². The lowest BCUT2D eigenvalue weighted by atomic mass is 10.0. The predicted octanol–water partition coefficient (Wildman–Crippen LogP) is 4.84. The number of rotatable bonds is 9. The van der Waals surface area contributed by atoms with Gasteiger partial charge in [0.1, 0.15) is 17.3 Å². The van der Waals surface area contributed by atoms with E-state index in [0.29, 0.717) is 41.4 Å². The first-order valence-electron chi connectivity index (χ1n) is 10.9. The van der Waals surface area contributed by atoms with Gasteiger partial charge in [0.05, 0.1) is 17.8 Å². The first-order valence-corrected chi connectivity index (χ1v) is 10.9. The molecule has 2 aromatic heterocycles. The van der Waals surface area contributed by atoms with Crippen molar-refractivity contribution in [2.75, 3.05) is 19.6 Å². The molecule has 8 heteroatoms. The highest BCUT2D eigenvalue weighted by atomic mass is 19.1. The molecule has 2 aromatic carbocycles. The molecule has 0 spiro atoms. The third-order valence-electron chi connectivity index (χ3n) is 5.36. The zero-order chi connectivity index (χ0) is 23.2. The van der Waals surface area contributed by atoms with E-state index in [1.165, 1.54) is 12.1 Å². The van der Waals surface area contributed by atoms with Crippen molar-refractivity contribution < 1.29 is 13.7 Å². The highest BCUT2D eigenvalue weighted by Crippen LogP contribution is 2.30. The van der Waals surface area contributed by atoms with Gasteiger partial charge in [-0.25, -0.2) is 18.9 Å². The van der Waals surface area contributed by atoms with E-state index in [2.05, 4.69) is 28.7 Å². The zero-order valence-corrected chi connectivity index (χ0v) is 18.6. The summed E-state index contributed by atoms with van der Waals surface area (Å²) in [5, 5.41) is 0. The monoisotopic (exact) mass is 448 g/mol. The number of para-hydroxylation sites is 1. The van der Waals surface area contributed by atoms with Crippen molar-refractivity contribution in [3.8, 4) is 34.3 Å². The number of likely N-dealkylation sites (N-methyl/N-ethyl adjacent to an activating group) is 1. The highest BCUT2D eigenvalue weighted by molar-refractivity contribution is 5.78. The standard InChI is InChI=1S/C25H25FN4O3/c1-3-29(4-2)16-17-30-23(22(24(31)33-30)18-10-12-19(26)13-11-18)21-14-15-27-25(28-21)32-20-8-6-5-7-9-20/h5-15H,3-4,16-17H2,1-2H3. The Hall–Kier alpha value is -3.78. The lowest BCUT2D eigenvalue weighted by Crippen LogP contribution is -2.27. The second kappa shape index (κ2) is 10.2. The van der Waals surface area contributed by atoms with Gasteiger partial charge in [-0.2, -0.15) is 4.98 Å². The van der Waals surface area contributed by atoms with Crippen molar-refractivity contribution in [1.82, 2.24) is 19.6 Å². The lowest BCUT2D eigenvalue weighted by molar-refractivity contribution is 0.208. The maximum absolute atomic E-state index is 13.5. The summed E-state index contributed by atoms with van der Waals surface area (Å²) in [6.07, 6.45) is 1.57. The third kappa shape index (κ3) is 5.18. The lowest BCUT2D eigenvalue weighted by Gasteiger charge is -2.18. The van der Waals surface area contributed by atoms with E-state index in [0.717, 1.165) is 13.1 Å². The van der Waals surface area contributed by atoms with Crippen molar-refractivity contribution in [3.63, 3.8) is 0 Å². The molecule has 4 rings (SSSR count). The van der Waals surface area contributed by atoms with Gasteiger partial charge in [-0.15, -0.1) is 0 Å². The average Bonchev–Trinajstić information content (AvgIpc) is 3.17. The summed E-state index contributed by atoms with van der Waals surface area (Å²) in [5.74, 6) is 0.214. The minimum absolute atomic E-state index is 0.146. The van der Waals surface area contributed by atoms with Crippen molar-refractivity contribution in [3.05, 3.63) is 83.1 Å². The summed E-state index contributed by atoms with van der Waals surface area (Å²) in [6.45, 7) is 7.07. The summed E-state index contributed by atoms with van der Waals surface area (Å²) in [6, 6.07) is 16.8. The molecule has 0 amide bonds. The second-order valence-electron chi connectivity index (χ2n) is 7.38. The van der Waals surface area contributed by atoms with Gasteiger partial charge >= 0.3 is 11.6 Å². The Morgan fingerprint density at radius 3 is 2.45 bits per heavy atom. The summed E-state index contributed by atoms with van der Waals surface area (Å²) in [7, 11) is 0. The van der Waals surface area contributed by atoms with Gasteiger partial charge in [-0.05, 0) is 49.0 Å². The SMILES string of the molecule is CCN(CC)CCn1oc(=O)c(-c2ccc(F)cc2)c1-c1ccnc(Oc2ccccc2)n1. The van der Waals surface area contributed by atoms with E-state index >= 15 is 0 Å². The van der Waals surface area contributed by atoms with E-state index in [1.54, 1.807) is 41.3 Å². The smallest absolute Gasteiger partial charge is 0.366 e. The molecule has 33 heavy (non-hydrogen) atoms. The van der Waals surface area contributed by atoms with Crippen molar-refractivity contribution in [2.24, 2.45) is 0 Å². The molecule has 0 aliphatic heterocycles. The van der Waals surface area contributed by atoms with E-state index in [9.17, 15) is 9.18 Å². The Balaban J connectivity index is 1.78. The fraction of sp³-hybridized carbons (Fsp3) is 0.240. The van der Waals surface area contributed by atoms with Gasteiger partial charge in [-0.3, -0.25) is 0 Å². The fourth-order valence-corrected chi connectivity index (χ4v) is 3.59. The molecule has 0 aliphatic rings. The summed E-state index contributed by atoms with van der Waals surface area (Å²) >= 11 is 0. The predicted molar refractivity (Wildman–Crippen MR) is 124 cm³/mol. The number of hydrogen-bond acceptors (Lipinski definition) is 6. The number of halogens is 1. The van der Waals surface area contributed by atoms with Crippen LogP contribution in [0.25, 0.3) is 22.5 Å². The average molecular weight is 448 g/mol. The first kappa shape index (κ1) is 22.4. The van der Waals surface area contributed by atoms with Crippen LogP contribution in [-0.4, -0.2) is 39.2 Å².